The number of aliphatic hydroxyl groups is 1. The maximum atomic E-state index is 12.3. The van der Waals surface area contributed by atoms with Crippen LogP contribution in [0.5, 0.6) is 0 Å². The van der Waals surface area contributed by atoms with Crippen LogP contribution >= 0.6 is 0 Å². The Morgan fingerprint density at radius 1 is 1.31 bits per heavy atom. The Kier molecular flexibility index (Phi) is 6.98. The number of hydrogen-bond acceptors (Lipinski definition) is 6. The van der Waals surface area contributed by atoms with Crippen LogP contribution in [0, 0.1) is 0 Å². The first kappa shape index (κ1) is 20.2. The number of H-pyrrole nitrogens is 1. The second-order valence-electron chi connectivity index (χ2n) is 6.71. The standard InChI is InChI=1S/C17H29N5O4/c1-5-6-7-8-18-16-19-14-13(15(24)20-17(25)21(14)4)22(16)9-12(23)10-26-11(2)3/h11-12,23H,5-10H2,1-4H3,(H,18,19)(H,20,24,25)/t12-/m0/s1. The number of nitrogens with zero attached hydrogens (tertiary/aromatic N) is 3. The summed E-state index contributed by atoms with van der Waals surface area (Å²) in [5, 5.41) is 13.5. The van der Waals surface area contributed by atoms with Crippen molar-refractivity contribution in [3.63, 3.8) is 0 Å². The fourth-order valence-corrected chi connectivity index (χ4v) is 2.69. The van der Waals surface area contributed by atoms with E-state index in [1.807, 2.05) is 13.8 Å². The van der Waals surface area contributed by atoms with E-state index in [0.717, 1.165) is 19.3 Å². The van der Waals surface area contributed by atoms with Crippen LogP contribution in [0.15, 0.2) is 9.59 Å². The minimum absolute atomic E-state index is 0.0000416. The van der Waals surface area contributed by atoms with Crippen molar-refractivity contribution in [3.05, 3.63) is 20.8 Å². The molecule has 0 amide bonds. The van der Waals surface area contributed by atoms with Crippen LogP contribution in [0.1, 0.15) is 40.0 Å². The molecule has 0 bridgehead atoms. The van der Waals surface area contributed by atoms with Gasteiger partial charge in [0, 0.05) is 13.6 Å². The summed E-state index contributed by atoms with van der Waals surface area (Å²) in [6, 6.07) is 0. The van der Waals surface area contributed by atoms with Crippen molar-refractivity contribution in [2.24, 2.45) is 7.05 Å². The van der Waals surface area contributed by atoms with Crippen molar-refractivity contribution in [3.8, 4) is 0 Å². The van der Waals surface area contributed by atoms with Crippen molar-refractivity contribution >= 4 is 17.1 Å². The Labute approximate surface area is 152 Å². The van der Waals surface area contributed by atoms with Crippen LogP contribution in [0.3, 0.4) is 0 Å². The van der Waals surface area contributed by atoms with Crippen LogP contribution in [0.2, 0.25) is 0 Å². The largest absolute Gasteiger partial charge is 0.389 e. The second kappa shape index (κ2) is 9.00. The molecule has 0 aromatic carbocycles. The van der Waals surface area contributed by atoms with Crippen molar-refractivity contribution in [1.29, 1.82) is 0 Å². The topological polar surface area (TPSA) is 114 Å². The Balaban J connectivity index is 2.37. The first-order valence-corrected chi connectivity index (χ1v) is 9.08. The van der Waals surface area contributed by atoms with E-state index in [2.05, 4.69) is 22.2 Å². The third-order valence-electron chi connectivity index (χ3n) is 4.09. The molecular weight excluding hydrogens is 338 g/mol. The van der Waals surface area contributed by atoms with Gasteiger partial charge in [-0.1, -0.05) is 19.8 Å². The number of aromatic nitrogens is 4. The number of rotatable bonds is 10. The third-order valence-corrected chi connectivity index (χ3v) is 4.09. The van der Waals surface area contributed by atoms with Crippen molar-refractivity contribution in [2.75, 3.05) is 18.5 Å². The number of ether oxygens (including phenoxy) is 1. The monoisotopic (exact) mass is 367 g/mol. The summed E-state index contributed by atoms with van der Waals surface area (Å²) in [5.74, 6) is 0.464. The summed E-state index contributed by atoms with van der Waals surface area (Å²) in [5.41, 5.74) is -0.495. The molecule has 0 saturated carbocycles. The molecule has 3 N–H and O–H groups in total. The lowest BCUT2D eigenvalue weighted by Crippen LogP contribution is -2.30. The van der Waals surface area contributed by atoms with Gasteiger partial charge in [-0.15, -0.1) is 0 Å². The average Bonchev–Trinajstić information content (AvgIpc) is 2.94. The summed E-state index contributed by atoms with van der Waals surface area (Å²) in [4.78, 5) is 30.9. The average molecular weight is 367 g/mol. The fraction of sp³-hybridized carbons (Fsp3) is 0.706. The van der Waals surface area contributed by atoms with Crippen LogP contribution < -0.4 is 16.6 Å². The number of unbranched alkanes of at least 4 members (excludes halogenated alkanes) is 2. The highest BCUT2D eigenvalue weighted by atomic mass is 16.5. The molecule has 9 heteroatoms. The summed E-state index contributed by atoms with van der Waals surface area (Å²) >= 11 is 0. The van der Waals surface area contributed by atoms with Crippen LogP contribution in [0.4, 0.5) is 5.95 Å². The van der Waals surface area contributed by atoms with E-state index in [0.29, 0.717) is 12.5 Å². The fourth-order valence-electron chi connectivity index (χ4n) is 2.69. The molecule has 2 rings (SSSR count). The quantitative estimate of drug-likeness (QED) is 0.536. The van der Waals surface area contributed by atoms with Gasteiger partial charge in [0.25, 0.3) is 5.56 Å². The second-order valence-corrected chi connectivity index (χ2v) is 6.71. The summed E-state index contributed by atoms with van der Waals surface area (Å²) in [7, 11) is 1.55. The minimum atomic E-state index is -0.803. The SMILES string of the molecule is CCCCCNc1nc2c(c(=O)[nH]c(=O)n2C)n1C[C@H](O)COC(C)C. The van der Waals surface area contributed by atoms with Gasteiger partial charge in [-0.2, -0.15) is 4.98 Å². The summed E-state index contributed by atoms with van der Waals surface area (Å²) in [6.45, 7) is 6.88. The number of fused-ring (bicyclic) bond motifs is 1. The van der Waals surface area contributed by atoms with Crippen molar-refractivity contribution < 1.29 is 9.84 Å². The lowest BCUT2D eigenvalue weighted by molar-refractivity contribution is -0.000106. The number of aryl methyl sites for hydroxylation is 1. The number of hydrogen-bond donors (Lipinski definition) is 3. The normalized spacial score (nSPS) is 12.8. The van der Waals surface area contributed by atoms with E-state index in [4.69, 9.17) is 4.74 Å². The Hall–Kier alpha value is -2.13. The Morgan fingerprint density at radius 3 is 2.69 bits per heavy atom. The molecule has 0 aliphatic rings. The Morgan fingerprint density at radius 2 is 2.04 bits per heavy atom. The van der Waals surface area contributed by atoms with Crippen molar-refractivity contribution in [1.82, 2.24) is 19.1 Å². The molecule has 0 saturated heterocycles. The van der Waals surface area contributed by atoms with Gasteiger partial charge in [-0.3, -0.25) is 14.3 Å². The molecule has 0 aliphatic carbocycles. The van der Waals surface area contributed by atoms with E-state index < -0.39 is 17.4 Å². The maximum absolute atomic E-state index is 12.3. The van der Waals surface area contributed by atoms with Crippen LogP contribution in [-0.2, 0) is 18.3 Å². The van der Waals surface area contributed by atoms with E-state index in [1.54, 1.807) is 11.6 Å². The highest BCUT2D eigenvalue weighted by Gasteiger charge is 2.19. The molecule has 146 valence electrons. The number of anilines is 1. The van der Waals surface area contributed by atoms with Gasteiger partial charge >= 0.3 is 5.69 Å². The molecule has 0 aliphatic heterocycles. The summed E-state index contributed by atoms with van der Waals surface area (Å²) < 4.78 is 8.36. The van der Waals surface area contributed by atoms with Gasteiger partial charge in [0.2, 0.25) is 5.95 Å². The van der Waals surface area contributed by atoms with E-state index in [-0.39, 0.29) is 30.4 Å². The maximum Gasteiger partial charge on any atom is 0.329 e. The molecule has 2 heterocycles. The lowest BCUT2D eigenvalue weighted by Gasteiger charge is -2.16. The third kappa shape index (κ3) is 4.73. The highest BCUT2D eigenvalue weighted by molar-refractivity contribution is 5.74. The number of imidazole rings is 1. The van der Waals surface area contributed by atoms with Gasteiger partial charge < -0.3 is 19.7 Å². The molecular formula is C17H29N5O4. The lowest BCUT2D eigenvalue weighted by atomic mass is 10.2. The zero-order valence-corrected chi connectivity index (χ0v) is 15.9. The van der Waals surface area contributed by atoms with Gasteiger partial charge in [-0.05, 0) is 20.3 Å². The molecule has 0 spiro atoms. The summed E-state index contributed by atoms with van der Waals surface area (Å²) in [6.07, 6.45) is 2.34. The van der Waals surface area contributed by atoms with Gasteiger partial charge in [-0.25, -0.2) is 4.79 Å². The van der Waals surface area contributed by atoms with Gasteiger partial charge in [0.05, 0.1) is 25.4 Å². The van der Waals surface area contributed by atoms with E-state index >= 15 is 0 Å². The van der Waals surface area contributed by atoms with Crippen molar-refractivity contribution in [2.45, 2.75) is 58.8 Å². The predicted octanol–water partition coefficient (Wildman–Crippen LogP) is 0.811. The zero-order chi connectivity index (χ0) is 19.3. The van der Waals surface area contributed by atoms with E-state index in [9.17, 15) is 14.7 Å². The Bertz CT molecular complexity index is 836. The van der Waals surface area contributed by atoms with Gasteiger partial charge in [0.1, 0.15) is 0 Å². The molecule has 0 fully saturated rings. The molecule has 1 atom stereocenters. The highest BCUT2D eigenvalue weighted by Crippen LogP contribution is 2.16. The molecule has 26 heavy (non-hydrogen) atoms. The van der Waals surface area contributed by atoms with Crippen LogP contribution in [0.25, 0.3) is 11.2 Å². The van der Waals surface area contributed by atoms with Gasteiger partial charge in [0.15, 0.2) is 11.2 Å². The van der Waals surface area contributed by atoms with E-state index in [1.165, 1.54) is 4.57 Å². The first-order valence-electron chi connectivity index (χ1n) is 9.08. The molecule has 2 aromatic heterocycles. The number of nitrogens with one attached hydrogen (secondary N) is 2. The smallest absolute Gasteiger partial charge is 0.329 e. The molecule has 9 nitrogen and oxygen atoms in total. The number of aromatic amines is 1. The minimum Gasteiger partial charge on any atom is -0.389 e. The number of aliphatic hydroxyl groups excluding tert-OH is 1. The first-order chi connectivity index (χ1) is 12.3. The molecule has 0 radical (unpaired) electrons. The van der Waals surface area contributed by atoms with Crippen LogP contribution in [-0.4, -0.2) is 49.6 Å². The predicted molar refractivity (Wildman–Crippen MR) is 101 cm³/mol. The zero-order valence-electron chi connectivity index (χ0n) is 15.9. The molecule has 0 unspecified atom stereocenters. The molecule has 2 aromatic rings.